The molecule has 2 heteroatoms. The Kier molecular flexibility index (Phi) is 4.33. The zero-order valence-electron chi connectivity index (χ0n) is 8.05. The average Bonchev–Trinajstić information content (AvgIpc) is 2.10. The molecule has 0 aromatic heterocycles. The Hall–Kier alpha value is 0.0500. The Labute approximate surface area is 94.3 Å². The Bertz CT molecular complexity index is 283. The molecule has 0 N–H and O–H groups in total. The summed E-state index contributed by atoms with van der Waals surface area (Å²) in [7, 11) is 0. The van der Waals surface area contributed by atoms with Crippen LogP contribution in [0.4, 0.5) is 0 Å². The predicted molar refractivity (Wildman–Crippen MR) is 65.8 cm³/mol. The van der Waals surface area contributed by atoms with Gasteiger partial charge in [-0.3, -0.25) is 0 Å². The largest absolute Gasteiger partial charge is 0.179 e. The quantitative estimate of drug-likeness (QED) is 0.773. The minimum Gasteiger partial charge on any atom is -0.179 e. The van der Waals surface area contributed by atoms with Crippen molar-refractivity contribution in [3.63, 3.8) is 0 Å². The fraction of sp³-hybridized carbons (Fsp3) is 0.455. The van der Waals surface area contributed by atoms with Gasteiger partial charge in [0.2, 0.25) is 0 Å². The summed E-state index contributed by atoms with van der Waals surface area (Å²) in [5, 5.41) is 0. The molecule has 1 aromatic rings. The smallest absolute Gasteiger partial charge is 0.0207 e. The third-order valence-electron chi connectivity index (χ3n) is 2.40. The van der Waals surface area contributed by atoms with E-state index in [9.17, 15) is 0 Å². The van der Waals surface area contributed by atoms with E-state index in [0.717, 1.165) is 12.2 Å². The second-order valence-electron chi connectivity index (χ2n) is 3.37. The van der Waals surface area contributed by atoms with Gasteiger partial charge in [-0.15, -0.1) is 0 Å². The summed E-state index contributed by atoms with van der Waals surface area (Å²) in [5.74, 6) is 1.56. The average molecular weight is 259 g/mol. The van der Waals surface area contributed by atoms with Gasteiger partial charge in [-0.05, 0) is 42.2 Å². The van der Waals surface area contributed by atoms with Gasteiger partial charge in [0.15, 0.2) is 0 Å². The molecule has 1 unspecified atom stereocenters. The number of halogens is 1. The van der Waals surface area contributed by atoms with Crippen molar-refractivity contribution in [2.24, 2.45) is 0 Å². The van der Waals surface area contributed by atoms with Gasteiger partial charge in [-0.1, -0.05) is 35.0 Å². The van der Waals surface area contributed by atoms with Gasteiger partial charge >= 0.3 is 0 Å². The van der Waals surface area contributed by atoms with E-state index < -0.39 is 0 Å². The molecular formula is C11H15BrS. The van der Waals surface area contributed by atoms with Crippen LogP contribution in [0.3, 0.4) is 0 Å². The number of hydrogen-bond acceptors (Lipinski definition) is 1. The summed E-state index contributed by atoms with van der Waals surface area (Å²) >= 11 is 7.80. The lowest BCUT2D eigenvalue weighted by Crippen LogP contribution is -1.97. The second-order valence-corrected chi connectivity index (χ2v) is 4.67. The number of benzene rings is 1. The molecule has 13 heavy (non-hydrogen) atoms. The summed E-state index contributed by atoms with van der Waals surface area (Å²) in [4.78, 5) is 0. The van der Waals surface area contributed by atoms with Gasteiger partial charge in [0, 0.05) is 4.47 Å². The van der Waals surface area contributed by atoms with Crippen LogP contribution in [0.5, 0.6) is 0 Å². The minimum atomic E-state index is 0.606. The molecule has 1 atom stereocenters. The van der Waals surface area contributed by atoms with Gasteiger partial charge in [-0.2, -0.15) is 12.6 Å². The van der Waals surface area contributed by atoms with Crippen LogP contribution in [0.15, 0.2) is 22.7 Å². The lowest BCUT2D eigenvalue weighted by Gasteiger charge is -2.14. The van der Waals surface area contributed by atoms with Gasteiger partial charge in [-0.25, -0.2) is 0 Å². The fourth-order valence-electron chi connectivity index (χ4n) is 1.51. The minimum absolute atomic E-state index is 0.606. The van der Waals surface area contributed by atoms with Gasteiger partial charge in [0.25, 0.3) is 0 Å². The first-order valence-corrected chi connectivity index (χ1v) is 5.95. The molecule has 72 valence electrons. The van der Waals surface area contributed by atoms with Crippen LogP contribution in [-0.4, -0.2) is 5.75 Å². The summed E-state index contributed by atoms with van der Waals surface area (Å²) in [6.07, 6.45) is 1.14. The Morgan fingerprint density at radius 3 is 2.77 bits per heavy atom. The fourth-order valence-corrected chi connectivity index (χ4v) is 2.28. The van der Waals surface area contributed by atoms with Gasteiger partial charge in [0.1, 0.15) is 0 Å². The first-order chi connectivity index (χ1) is 6.16. The highest BCUT2D eigenvalue weighted by molar-refractivity contribution is 9.10. The van der Waals surface area contributed by atoms with Crippen LogP contribution in [0.2, 0.25) is 0 Å². The van der Waals surface area contributed by atoms with Crippen LogP contribution in [0.25, 0.3) is 0 Å². The van der Waals surface area contributed by atoms with Crippen molar-refractivity contribution in [1.82, 2.24) is 0 Å². The molecule has 1 rings (SSSR count). The Balaban J connectivity index is 2.93. The summed E-state index contributed by atoms with van der Waals surface area (Å²) in [6.45, 7) is 4.42. The van der Waals surface area contributed by atoms with E-state index in [1.54, 1.807) is 0 Å². The van der Waals surface area contributed by atoms with E-state index >= 15 is 0 Å². The first kappa shape index (κ1) is 11.1. The van der Waals surface area contributed by atoms with Crippen LogP contribution < -0.4 is 0 Å². The molecule has 0 heterocycles. The third-order valence-corrected chi connectivity index (χ3v) is 3.52. The lowest BCUT2D eigenvalue weighted by molar-refractivity contribution is 0.736. The lowest BCUT2D eigenvalue weighted by atomic mass is 9.94. The van der Waals surface area contributed by atoms with Crippen molar-refractivity contribution in [3.8, 4) is 0 Å². The summed E-state index contributed by atoms with van der Waals surface area (Å²) in [6, 6.07) is 6.39. The molecule has 0 radical (unpaired) electrons. The molecule has 0 aliphatic carbocycles. The van der Waals surface area contributed by atoms with E-state index in [1.807, 2.05) is 0 Å². The van der Waals surface area contributed by atoms with E-state index in [0.29, 0.717) is 5.92 Å². The van der Waals surface area contributed by atoms with Crippen molar-refractivity contribution >= 4 is 28.6 Å². The molecule has 0 fully saturated rings. The third kappa shape index (κ3) is 2.75. The van der Waals surface area contributed by atoms with Crippen LogP contribution in [0.1, 0.15) is 30.4 Å². The molecule has 0 saturated heterocycles. The number of hydrogen-bond donors (Lipinski definition) is 1. The Morgan fingerprint density at radius 2 is 2.15 bits per heavy atom. The molecule has 0 amide bonds. The zero-order valence-corrected chi connectivity index (χ0v) is 10.5. The molecule has 0 spiro atoms. The maximum Gasteiger partial charge on any atom is 0.0207 e. The molecule has 0 bridgehead atoms. The zero-order chi connectivity index (χ0) is 9.84. The highest BCUT2D eigenvalue weighted by Crippen LogP contribution is 2.27. The monoisotopic (exact) mass is 258 g/mol. The summed E-state index contributed by atoms with van der Waals surface area (Å²) < 4.78 is 1.20. The van der Waals surface area contributed by atoms with E-state index in [1.165, 1.54) is 15.6 Å². The normalized spacial score (nSPS) is 12.9. The Morgan fingerprint density at radius 1 is 1.46 bits per heavy atom. The van der Waals surface area contributed by atoms with E-state index in [2.05, 4.69) is 60.6 Å². The molecule has 0 aliphatic rings. The predicted octanol–water partition coefficient (Wildman–Crippen LogP) is 4.18. The molecule has 0 nitrogen and oxygen atoms in total. The summed E-state index contributed by atoms with van der Waals surface area (Å²) in [5.41, 5.74) is 2.79. The molecule has 0 aliphatic heterocycles. The highest BCUT2D eigenvalue weighted by Gasteiger charge is 2.08. The molecular weight excluding hydrogens is 244 g/mol. The number of rotatable bonds is 3. The van der Waals surface area contributed by atoms with Crippen molar-refractivity contribution in [2.45, 2.75) is 26.2 Å². The van der Waals surface area contributed by atoms with Crippen LogP contribution >= 0.6 is 28.6 Å². The SMILES string of the molecule is Cc1c(Br)cccc1C(C)CCS. The van der Waals surface area contributed by atoms with E-state index in [-0.39, 0.29) is 0 Å². The molecule has 0 saturated carbocycles. The van der Waals surface area contributed by atoms with Gasteiger partial charge in [0.05, 0.1) is 0 Å². The first-order valence-electron chi connectivity index (χ1n) is 4.52. The van der Waals surface area contributed by atoms with E-state index in [4.69, 9.17) is 0 Å². The number of thiol groups is 1. The standard InChI is InChI=1S/C11H15BrS/c1-8(6-7-13)10-4-3-5-11(12)9(10)2/h3-5,8,13H,6-7H2,1-2H3. The topological polar surface area (TPSA) is 0 Å². The second kappa shape index (κ2) is 5.06. The van der Waals surface area contributed by atoms with Crippen molar-refractivity contribution < 1.29 is 0 Å². The van der Waals surface area contributed by atoms with Crippen LogP contribution in [0, 0.1) is 6.92 Å². The van der Waals surface area contributed by atoms with Crippen molar-refractivity contribution in [2.75, 3.05) is 5.75 Å². The maximum atomic E-state index is 4.26. The van der Waals surface area contributed by atoms with Crippen molar-refractivity contribution in [1.29, 1.82) is 0 Å². The van der Waals surface area contributed by atoms with Crippen LogP contribution in [-0.2, 0) is 0 Å². The highest BCUT2D eigenvalue weighted by atomic mass is 79.9. The maximum absolute atomic E-state index is 4.26. The molecule has 1 aromatic carbocycles. The van der Waals surface area contributed by atoms with Gasteiger partial charge < -0.3 is 0 Å². The van der Waals surface area contributed by atoms with Crippen molar-refractivity contribution in [3.05, 3.63) is 33.8 Å².